The van der Waals surface area contributed by atoms with Crippen LogP contribution in [-0.2, 0) is 4.74 Å². The third-order valence-corrected chi connectivity index (χ3v) is 4.39. The molecule has 2 unspecified atom stereocenters. The fourth-order valence-electron chi connectivity index (χ4n) is 2.81. The Balaban J connectivity index is 1.89. The quantitative estimate of drug-likeness (QED) is 0.786. The van der Waals surface area contributed by atoms with Crippen molar-refractivity contribution in [2.75, 3.05) is 11.9 Å². The van der Waals surface area contributed by atoms with E-state index in [1.165, 1.54) is 0 Å². The van der Waals surface area contributed by atoms with Crippen LogP contribution in [0.4, 0.5) is 10.5 Å². The molecule has 0 aliphatic heterocycles. The van der Waals surface area contributed by atoms with Gasteiger partial charge in [0.2, 0.25) is 0 Å². The minimum Gasteiger partial charge on any atom is -0.444 e. The van der Waals surface area contributed by atoms with E-state index in [9.17, 15) is 4.79 Å². The lowest BCUT2D eigenvalue weighted by Crippen LogP contribution is -2.38. The highest BCUT2D eigenvalue weighted by Gasteiger charge is 2.28. The smallest absolute Gasteiger partial charge is 0.407 e. The predicted octanol–water partition coefficient (Wildman–Crippen LogP) is 5.10. The number of hydrogen-bond donors (Lipinski definition) is 2. The van der Waals surface area contributed by atoms with Gasteiger partial charge in [0.25, 0.3) is 0 Å². The number of carbonyl (C=O) groups excluding carboxylic acids is 1. The van der Waals surface area contributed by atoms with Crippen molar-refractivity contribution in [3.05, 3.63) is 28.2 Å². The highest BCUT2D eigenvalue weighted by Crippen LogP contribution is 2.32. The van der Waals surface area contributed by atoms with Gasteiger partial charge < -0.3 is 15.4 Å². The van der Waals surface area contributed by atoms with Crippen molar-refractivity contribution in [3.8, 4) is 0 Å². The van der Waals surface area contributed by atoms with Gasteiger partial charge in [-0.15, -0.1) is 0 Å². The molecule has 23 heavy (non-hydrogen) atoms. The fourth-order valence-corrected chi connectivity index (χ4v) is 3.27. The van der Waals surface area contributed by atoms with Crippen molar-refractivity contribution in [1.82, 2.24) is 5.32 Å². The number of halogens is 2. The molecular weight excluding hydrogens is 335 g/mol. The second kappa shape index (κ2) is 7.63. The Bertz CT molecular complexity index is 558. The molecule has 128 valence electrons. The Morgan fingerprint density at radius 3 is 2.70 bits per heavy atom. The Hall–Kier alpha value is -1.13. The zero-order valence-electron chi connectivity index (χ0n) is 13.8. The summed E-state index contributed by atoms with van der Waals surface area (Å²) in [6, 6.07) is 5.72. The number of rotatable bonds is 4. The molecule has 6 heteroatoms. The second-order valence-corrected chi connectivity index (χ2v) is 7.79. The van der Waals surface area contributed by atoms with Crippen molar-refractivity contribution in [3.63, 3.8) is 0 Å². The zero-order chi connectivity index (χ0) is 17.0. The average Bonchev–Trinajstić information content (AvgIpc) is 2.85. The molecule has 4 nitrogen and oxygen atoms in total. The van der Waals surface area contributed by atoms with E-state index >= 15 is 0 Å². The third-order valence-electron chi connectivity index (χ3n) is 3.84. The zero-order valence-corrected chi connectivity index (χ0v) is 15.3. The molecule has 1 amide bonds. The first kappa shape index (κ1) is 18.2. The van der Waals surface area contributed by atoms with Crippen LogP contribution in [0.1, 0.15) is 40.0 Å². The predicted molar refractivity (Wildman–Crippen MR) is 95.5 cm³/mol. The Morgan fingerprint density at radius 1 is 1.30 bits per heavy atom. The number of ether oxygens (including phenoxy) is 1. The molecule has 0 saturated heterocycles. The maximum atomic E-state index is 11.8. The maximum Gasteiger partial charge on any atom is 0.407 e. The van der Waals surface area contributed by atoms with Gasteiger partial charge in [0.1, 0.15) is 5.60 Å². The molecule has 1 aliphatic carbocycles. The van der Waals surface area contributed by atoms with Crippen molar-refractivity contribution in [2.24, 2.45) is 5.92 Å². The Labute approximate surface area is 147 Å². The summed E-state index contributed by atoms with van der Waals surface area (Å²) >= 11 is 12.1. The summed E-state index contributed by atoms with van der Waals surface area (Å²) < 4.78 is 5.28. The summed E-state index contributed by atoms with van der Waals surface area (Å²) in [6.45, 7) is 6.16. The molecular formula is C17H24Cl2N2O2. The molecule has 2 N–H and O–H groups in total. The lowest BCUT2D eigenvalue weighted by molar-refractivity contribution is 0.0519. The summed E-state index contributed by atoms with van der Waals surface area (Å²) in [7, 11) is 0. The number of amides is 1. The topological polar surface area (TPSA) is 50.4 Å². The molecule has 1 fully saturated rings. The molecule has 2 rings (SSSR count). The van der Waals surface area contributed by atoms with Gasteiger partial charge in [0, 0.05) is 17.6 Å². The minimum atomic E-state index is -0.478. The monoisotopic (exact) mass is 358 g/mol. The largest absolute Gasteiger partial charge is 0.444 e. The second-order valence-electron chi connectivity index (χ2n) is 6.95. The molecule has 0 spiro atoms. The molecule has 1 saturated carbocycles. The van der Waals surface area contributed by atoms with Crippen LogP contribution in [0.15, 0.2) is 18.2 Å². The van der Waals surface area contributed by atoms with E-state index < -0.39 is 5.60 Å². The van der Waals surface area contributed by atoms with E-state index in [0.29, 0.717) is 22.5 Å². The Morgan fingerprint density at radius 2 is 2.04 bits per heavy atom. The number of alkyl carbamates (subject to hydrolysis) is 1. The van der Waals surface area contributed by atoms with Gasteiger partial charge in [0.05, 0.1) is 10.7 Å². The van der Waals surface area contributed by atoms with E-state index in [0.717, 1.165) is 24.9 Å². The summed E-state index contributed by atoms with van der Waals surface area (Å²) in [5.74, 6) is 0.356. The van der Waals surface area contributed by atoms with Crippen LogP contribution in [0.5, 0.6) is 0 Å². The van der Waals surface area contributed by atoms with E-state index in [4.69, 9.17) is 27.9 Å². The molecule has 1 aromatic carbocycles. The number of nitrogens with one attached hydrogen (secondary N) is 2. The first-order chi connectivity index (χ1) is 10.7. The van der Waals surface area contributed by atoms with E-state index in [1.54, 1.807) is 6.07 Å². The van der Waals surface area contributed by atoms with Crippen molar-refractivity contribution >= 4 is 35.0 Å². The molecule has 1 aliphatic rings. The lowest BCUT2D eigenvalue weighted by Gasteiger charge is -2.24. The number of carbonyl (C=O) groups is 1. The van der Waals surface area contributed by atoms with Crippen LogP contribution in [0.25, 0.3) is 0 Å². The molecule has 0 heterocycles. The van der Waals surface area contributed by atoms with Crippen LogP contribution in [0.2, 0.25) is 10.0 Å². The maximum absolute atomic E-state index is 11.8. The van der Waals surface area contributed by atoms with Crippen LogP contribution in [0, 0.1) is 5.92 Å². The Kier molecular flexibility index (Phi) is 6.04. The van der Waals surface area contributed by atoms with Gasteiger partial charge >= 0.3 is 6.09 Å². The summed E-state index contributed by atoms with van der Waals surface area (Å²) in [4.78, 5) is 11.8. The molecule has 0 aromatic heterocycles. The van der Waals surface area contributed by atoms with Crippen molar-refractivity contribution in [2.45, 2.75) is 51.7 Å². The third kappa shape index (κ3) is 5.78. The van der Waals surface area contributed by atoms with Gasteiger partial charge in [-0.05, 0) is 57.7 Å². The normalized spacial score (nSPS) is 21.1. The summed E-state index contributed by atoms with van der Waals surface area (Å²) in [5.41, 5.74) is 0.402. The van der Waals surface area contributed by atoms with Crippen molar-refractivity contribution in [1.29, 1.82) is 0 Å². The van der Waals surface area contributed by atoms with Crippen molar-refractivity contribution < 1.29 is 9.53 Å². The molecule has 0 bridgehead atoms. The average molecular weight is 359 g/mol. The molecule has 2 atom stereocenters. The lowest BCUT2D eigenvalue weighted by atomic mass is 10.0. The molecule has 1 aromatic rings. The van der Waals surface area contributed by atoms with Gasteiger partial charge in [-0.1, -0.05) is 29.6 Å². The fraction of sp³-hybridized carbons (Fsp3) is 0.588. The summed E-state index contributed by atoms with van der Waals surface area (Å²) in [6.07, 6.45) is 2.88. The highest BCUT2D eigenvalue weighted by molar-refractivity contribution is 6.36. The molecule has 0 radical (unpaired) electrons. The van der Waals surface area contributed by atoms with E-state index in [-0.39, 0.29) is 12.1 Å². The van der Waals surface area contributed by atoms with Gasteiger partial charge in [-0.3, -0.25) is 0 Å². The van der Waals surface area contributed by atoms with Crippen LogP contribution < -0.4 is 10.6 Å². The van der Waals surface area contributed by atoms with Gasteiger partial charge in [-0.2, -0.15) is 0 Å². The number of anilines is 1. The van der Waals surface area contributed by atoms with Gasteiger partial charge in [-0.25, -0.2) is 4.79 Å². The first-order valence-electron chi connectivity index (χ1n) is 7.93. The number of hydrogen-bond acceptors (Lipinski definition) is 3. The first-order valence-corrected chi connectivity index (χ1v) is 8.68. The van der Waals surface area contributed by atoms with Crippen LogP contribution >= 0.6 is 23.2 Å². The summed E-state index contributed by atoms with van der Waals surface area (Å²) in [5, 5.41) is 7.58. The standard InChI is InChI=1S/C17H24Cl2N2O2/c1-17(2,3)23-16(22)20-10-11-5-4-6-14(11)21-15-8-7-12(18)9-13(15)19/h7-9,11,14,21H,4-6,10H2,1-3H3,(H,20,22). The SMILES string of the molecule is CC(C)(C)OC(=O)NCC1CCCC1Nc1ccc(Cl)cc1Cl. The highest BCUT2D eigenvalue weighted by atomic mass is 35.5. The van der Waals surface area contributed by atoms with Crippen LogP contribution in [-0.4, -0.2) is 24.3 Å². The van der Waals surface area contributed by atoms with E-state index in [1.807, 2.05) is 32.9 Å². The van der Waals surface area contributed by atoms with E-state index in [2.05, 4.69) is 10.6 Å². The number of benzene rings is 1. The minimum absolute atomic E-state index is 0.281. The van der Waals surface area contributed by atoms with Gasteiger partial charge in [0.15, 0.2) is 0 Å². The van der Waals surface area contributed by atoms with Crippen LogP contribution in [0.3, 0.4) is 0 Å².